The van der Waals surface area contributed by atoms with Gasteiger partial charge in [-0.25, -0.2) is 4.79 Å². The molecule has 0 bridgehead atoms. The molecule has 0 radical (unpaired) electrons. The Bertz CT molecular complexity index is 417. The van der Waals surface area contributed by atoms with E-state index < -0.39 is 24.2 Å². The summed E-state index contributed by atoms with van der Waals surface area (Å²) in [7, 11) is 0. The Hall–Kier alpha value is -1.21. The lowest BCUT2D eigenvalue weighted by Gasteiger charge is -2.44. The fraction of sp³-hybridized carbons (Fsp3) is 0.773. The molecule has 0 aliphatic carbocycles. The molecule has 0 rings (SSSR count). The van der Waals surface area contributed by atoms with Crippen LogP contribution in [0, 0.1) is 0 Å². The van der Waals surface area contributed by atoms with Crippen molar-refractivity contribution in [2.75, 3.05) is 26.2 Å². The standard InChI is InChI=1S/C22H41NO5/c1-4-7-9-11-13-19(25)17-23(15-16-24,21(6-3)22(27)28)18-20(26)14-12-10-8-5-2/h4-5,19-21,24-26H,1-2,6-18H2,3H3/p+1. The number of hydrogen-bond donors (Lipinski definition) is 4. The van der Waals surface area contributed by atoms with Crippen LogP contribution in [0.3, 0.4) is 0 Å². The van der Waals surface area contributed by atoms with E-state index in [1.807, 2.05) is 12.2 Å². The summed E-state index contributed by atoms with van der Waals surface area (Å²) in [4.78, 5) is 11.9. The van der Waals surface area contributed by atoms with Gasteiger partial charge >= 0.3 is 5.97 Å². The third-order valence-electron chi connectivity index (χ3n) is 5.42. The first-order valence-corrected chi connectivity index (χ1v) is 10.6. The molecule has 6 heteroatoms. The van der Waals surface area contributed by atoms with E-state index in [0.29, 0.717) is 19.3 Å². The number of aliphatic hydroxyl groups excluding tert-OH is 3. The first-order valence-electron chi connectivity index (χ1n) is 10.6. The van der Waals surface area contributed by atoms with Crippen molar-refractivity contribution in [2.45, 2.75) is 83.0 Å². The van der Waals surface area contributed by atoms with Crippen molar-refractivity contribution in [3.05, 3.63) is 25.3 Å². The maximum Gasteiger partial charge on any atom is 0.362 e. The quantitative estimate of drug-likeness (QED) is 0.152. The summed E-state index contributed by atoms with van der Waals surface area (Å²) in [6.07, 6.45) is 9.19. The van der Waals surface area contributed by atoms with Crippen molar-refractivity contribution in [3.63, 3.8) is 0 Å². The number of allylic oxidation sites excluding steroid dienone is 2. The number of carboxylic acids is 1. The van der Waals surface area contributed by atoms with Gasteiger partial charge in [0.05, 0.1) is 6.61 Å². The van der Waals surface area contributed by atoms with Crippen molar-refractivity contribution in [3.8, 4) is 0 Å². The lowest BCUT2D eigenvalue weighted by molar-refractivity contribution is -0.949. The largest absolute Gasteiger partial charge is 0.477 e. The maximum atomic E-state index is 11.9. The predicted molar refractivity (Wildman–Crippen MR) is 113 cm³/mol. The highest BCUT2D eigenvalue weighted by atomic mass is 16.4. The van der Waals surface area contributed by atoms with E-state index in [4.69, 9.17) is 0 Å². The minimum atomic E-state index is -0.950. The Labute approximate surface area is 170 Å². The Morgan fingerprint density at radius 3 is 1.75 bits per heavy atom. The van der Waals surface area contributed by atoms with Gasteiger partial charge in [0.15, 0.2) is 6.04 Å². The average Bonchev–Trinajstić information content (AvgIpc) is 2.62. The fourth-order valence-corrected chi connectivity index (χ4v) is 4.02. The van der Waals surface area contributed by atoms with Crippen LogP contribution in [0.25, 0.3) is 0 Å². The number of carboxylic acid groups (broad SMARTS) is 1. The molecule has 0 spiro atoms. The number of carbonyl (C=O) groups is 1. The molecule has 0 heterocycles. The Balaban J connectivity index is 5.25. The highest BCUT2D eigenvalue weighted by molar-refractivity contribution is 5.72. The molecule has 0 aliphatic heterocycles. The second kappa shape index (κ2) is 15.7. The van der Waals surface area contributed by atoms with Gasteiger partial charge in [-0.05, 0) is 38.5 Å². The van der Waals surface area contributed by atoms with E-state index in [0.717, 1.165) is 38.5 Å². The van der Waals surface area contributed by atoms with Gasteiger partial charge < -0.3 is 24.9 Å². The summed E-state index contributed by atoms with van der Waals surface area (Å²) >= 11 is 0. The van der Waals surface area contributed by atoms with Gasteiger partial charge in [0.25, 0.3) is 0 Å². The SMILES string of the molecule is C=CCCCCC(O)C[N+](CCO)(CC(O)CCCCC=C)C(CC)C(=O)O. The van der Waals surface area contributed by atoms with Gasteiger partial charge in [0.2, 0.25) is 0 Å². The van der Waals surface area contributed by atoms with Gasteiger partial charge in [-0.1, -0.05) is 31.9 Å². The van der Waals surface area contributed by atoms with E-state index in [1.54, 1.807) is 6.92 Å². The Morgan fingerprint density at radius 1 is 0.964 bits per heavy atom. The molecular formula is C22H42NO5+. The van der Waals surface area contributed by atoms with Gasteiger partial charge in [0.1, 0.15) is 31.8 Å². The second-order valence-electron chi connectivity index (χ2n) is 7.75. The lowest BCUT2D eigenvalue weighted by Crippen LogP contribution is -2.64. The maximum absolute atomic E-state index is 11.9. The van der Waals surface area contributed by atoms with Gasteiger partial charge in [-0.3, -0.25) is 0 Å². The van der Waals surface area contributed by atoms with E-state index in [-0.39, 0.29) is 30.7 Å². The molecule has 0 aromatic rings. The van der Waals surface area contributed by atoms with Crippen LogP contribution in [0.1, 0.15) is 64.7 Å². The Kier molecular flexibility index (Phi) is 15.0. The third-order valence-corrected chi connectivity index (χ3v) is 5.42. The number of rotatable bonds is 19. The van der Waals surface area contributed by atoms with Crippen LogP contribution in [0.4, 0.5) is 0 Å². The fourth-order valence-electron chi connectivity index (χ4n) is 4.02. The summed E-state index contributed by atoms with van der Waals surface area (Å²) in [5.74, 6) is -0.950. The number of hydrogen-bond acceptors (Lipinski definition) is 4. The first kappa shape index (κ1) is 26.8. The van der Waals surface area contributed by atoms with Crippen LogP contribution in [0.2, 0.25) is 0 Å². The van der Waals surface area contributed by atoms with Crippen LogP contribution in [0.15, 0.2) is 25.3 Å². The average molecular weight is 401 g/mol. The Morgan fingerprint density at radius 2 is 1.43 bits per heavy atom. The first-order chi connectivity index (χ1) is 13.4. The summed E-state index contributed by atoms with van der Waals surface area (Å²) in [6.45, 7) is 9.66. The van der Waals surface area contributed by atoms with Crippen LogP contribution < -0.4 is 0 Å². The third kappa shape index (κ3) is 10.4. The molecule has 4 N–H and O–H groups in total. The normalized spacial score (nSPS) is 16.7. The second-order valence-corrected chi connectivity index (χ2v) is 7.75. The van der Waals surface area contributed by atoms with Crippen LogP contribution in [-0.4, -0.2) is 75.4 Å². The molecule has 6 nitrogen and oxygen atoms in total. The number of aliphatic carboxylic acids is 1. The number of aliphatic hydroxyl groups is 3. The van der Waals surface area contributed by atoms with Gasteiger partial charge in [-0.15, -0.1) is 13.2 Å². The van der Waals surface area contributed by atoms with Crippen LogP contribution in [0.5, 0.6) is 0 Å². The molecule has 3 unspecified atom stereocenters. The van der Waals surface area contributed by atoms with Crippen LogP contribution >= 0.6 is 0 Å². The highest BCUT2D eigenvalue weighted by Crippen LogP contribution is 2.23. The van der Waals surface area contributed by atoms with Crippen LogP contribution in [-0.2, 0) is 4.79 Å². The molecular weight excluding hydrogens is 358 g/mol. The highest BCUT2D eigenvalue weighted by Gasteiger charge is 2.43. The van der Waals surface area contributed by atoms with Gasteiger partial charge in [0, 0.05) is 6.42 Å². The molecule has 3 atom stereocenters. The topological polar surface area (TPSA) is 98.0 Å². The van der Waals surface area contributed by atoms with Crippen molar-refractivity contribution < 1.29 is 29.7 Å². The molecule has 0 saturated carbocycles. The molecule has 0 aromatic heterocycles. The smallest absolute Gasteiger partial charge is 0.362 e. The van der Waals surface area contributed by atoms with Crippen molar-refractivity contribution in [2.24, 2.45) is 0 Å². The lowest BCUT2D eigenvalue weighted by atomic mass is 10.0. The monoisotopic (exact) mass is 400 g/mol. The zero-order chi connectivity index (χ0) is 21.4. The van der Waals surface area contributed by atoms with E-state index in [2.05, 4.69) is 13.2 Å². The molecule has 28 heavy (non-hydrogen) atoms. The van der Waals surface area contributed by atoms with Crippen molar-refractivity contribution in [1.82, 2.24) is 0 Å². The van der Waals surface area contributed by atoms with Crippen molar-refractivity contribution in [1.29, 1.82) is 0 Å². The predicted octanol–water partition coefficient (Wildman–Crippen LogP) is 2.87. The van der Waals surface area contributed by atoms with E-state index in [1.165, 1.54) is 0 Å². The van der Waals surface area contributed by atoms with Crippen molar-refractivity contribution >= 4 is 5.97 Å². The molecule has 0 aromatic carbocycles. The number of quaternary nitrogens is 1. The summed E-state index contributed by atoms with van der Waals surface area (Å²) in [5, 5.41) is 40.6. The minimum Gasteiger partial charge on any atom is -0.477 e. The minimum absolute atomic E-state index is 0.00752. The molecule has 0 aliphatic rings. The molecule has 0 amide bonds. The zero-order valence-electron chi connectivity index (χ0n) is 17.6. The number of nitrogens with zero attached hydrogens (tertiary/aromatic N) is 1. The number of unbranched alkanes of at least 4 members (excludes halogenated alkanes) is 4. The summed E-state index contributed by atoms with van der Waals surface area (Å²) in [6, 6.07) is -0.766. The molecule has 0 saturated heterocycles. The van der Waals surface area contributed by atoms with E-state index >= 15 is 0 Å². The molecule has 164 valence electrons. The zero-order valence-corrected chi connectivity index (χ0v) is 17.6. The summed E-state index contributed by atoms with van der Waals surface area (Å²) < 4.78 is 0.00752. The molecule has 0 fully saturated rings. The van der Waals surface area contributed by atoms with E-state index in [9.17, 15) is 25.2 Å². The summed E-state index contributed by atoms with van der Waals surface area (Å²) in [5.41, 5.74) is 0. The van der Waals surface area contributed by atoms with Gasteiger partial charge in [-0.2, -0.15) is 0 Å².